The molecule has 0 aliphatic rings. The second-order valence-electron chi connectivity index (χ2n) is 6.80. The predicted molar refractivity (Wildman–Crippen MR) is 139 cm³/mol. The highest BCUT2D eigenvalue weighted by atomic mass is 79.9. The van der Waals surface area contributed by atoms with Gasteiger partial charge in [-0.3, -0.25) is 9.99 Å². The highest BCUT2D eigenvalue weighted by molar-refractivity contribution is 9.10. The Morgan fingerprint density at radius 2 is 1.72 bits per heavy atom. The molecule has 160 valence electrons. The first-order chi connectivity index (χ1) is 15.6. The van der Waals surface area contributed by atoms with E-state index in [2.05, 4.69) is 46.6 Å². The third-order valence-corrected chi connectivity index (χ3v) is 6.04. The SMILES string of the molecule is CC(C=NNc1ccccc1)=NN=c1scc(-c2ccc(Cl)cc2)n1-c1ccc(Br)cc1. The molecule has 4 rings (SSSR count). The van der Waals surface area contributed by atoms with Crippen LogP contribution in [0.4, 0.5) is 5.69 Å². The van der Waals surface area contributed by atoms with E-state index < -0.39 is 0 Å². The van der Waals surface area contributed by atoms with Gasteiger partial charge in [-0.15, -0.1) is 16.4 Å². The van der Waals surface area contributed by atoms with E-state index in [4.69, 9.17) is 11.6 Å². The summed E-state index contributed by atoms with van der Waals surface area (Å²) >= 11 is 11.1. The molecule has 32 heavy (non-hydrogen) atoms. The quantitative estimate of drug-likeness (QED) is 0.214. The van der Waals surface area contributed by atoms with Crippen LogP contribution in [0.5, 0.6) is 0 Å². The Balaban J connectivity index is 1.68. The molecular weight excluding hydrogens is 506 g/mol. The van der Waals surface area contributed by atoms with Gasteiger partial charge in [0.05, 0.1) is 23.3 Å². The Hall–Kier alpha value is -3.00. The maximum atomic E-state index is 6.08. The largest absolute Gasteiger partial charge is 0.284 e. The number of hydrogen-bond acceptors (Lipinski definition) is 5. The first-order valence-corrected chi connectivity index (χ1v) is 11.8. The number of nitrogens with one attached hydrogen (secondary N) is 1. The minimum Gasteiger partial charge on any atom is -0.284 e. The minimum atomic E-state index is 0.678. The van der Waals surface area contributed by atoms with Crippen LogP contribution in [-0.4, -0.2) is 16.5 Å². The van der Waals surface area contributed by atoms with Gasteiger partial charge in [-0.2, -0.15) is 10.2 Å². The molecule has 0 atom stereocenters. The van der Waals surface area contributed by atoms with Gasteiger partial charge in [0.2, 0.25) is 4.80 Å². The number of benzene rings is 3. The Morgan fingerprint density at radius 1 is 1.00 bits per heavy atom. The maximum Gasteiger partial charge on any atom is 0.215 e. The maximum absolute atomic E-state index is 6.08. The van der Waals surface area contributed by atoms with Crippen LogP contribution in [0.2, 0.25) is 5.02 Å². The molecule has 1 aromatic heterocycles. The zero-order valence-electron chi connectivity index (χ0n) is 17.1. The van der Waals surface area contributed by atoms with Crippen molar-refractivity contribution in [1.82, 2.24) is 4.57 Å². The van der Waals surface area contributed by atoms with Gasteiger partial charge in [0, 0.05) is 20.6 Å². The summed E-state index contributed by atoms with van der Waals surface area (Å²) < 4.78 is 3.09. The average molecular weight is 525 g/mol. The first-order valence-electron chi connectivity index (χ1n) is 9.75. The van der Waals surface area contributed by atoms with Crippen molar-refractivity contribution in [2.24, 2.45) is 15.3 Å². The van der Waals surface area contributed by atoms with E-state index in [1.165, 1.54) is 11.3 Å². The van der Waals surface area contributed by atoms with Crippen LogP contribution in [0.3, 0.4) is 0 Å². The summed E-state index contributed by atoms with van der Waals surface area (Å²) in [6.07, 6.45) is 1.65. The van der Waals surface area contributed by atoms with Crippen LogP contribution in [0.15, 0.2) is 104 Å². The van der Waals surface area contributed by atoms with Crippen LogP contribution < -0.4 is 10.2 Å². The van der Waals surface area contributed by atoms with E-state index in [-0.39, 0.29) is 0 Å². The van der Waals surface area contributed by atoms with E-state index in [1.807, 2.05) is 85.8 Å². The van der Waals surface area contributed by atoms with E-state index in [0.29, 0.717) is 10.7 Å². The Kier molecular flexibility index (Phi) is 7.32. The summed E-state index contributed by atoms with van der Waals surface area (Å²) in [5, 5.41) is 15.9. The van der Waals surface area contributed by atoms with Gasteiger partial charge >= 0.3 is 0 Å². The molecule has 0 fully saturated rings. The molecule has 3 aromatic carbocycles. The molecule has 0 amide bonds. The Bertz CT molecular complexity index is 1310. The summed E-state index contributed by atoms with van der Waals surface area (Å²) in [5.41, 5.74) is 7.61. The van der Waals surface area contributed by atoms with Crippen LogP contribution >= 0.6 is 38.9 Å². The Labute approximate surface area is 203 Å². The fraction of sp³-hybridized carbons (Fsp3) is 0.0417. The highest BCUT2D eigenvalue weighted by Crippen LogP contribution is 2.25. The second kappa shape index (κ2) is 10.5. The third kappa shape index (κ3) is 5.62. The van der Waals surface area contributed by atoms with Gasteiger partial charge in [0.1, 0.15) is 0 Å². The van der Waals surface area contributed by atoms with Gasteiger partial charge in [-0.1, -0.05) is 57.9 Å². The number of para-hydroxylation sites is 1. The molecule has 5 nitrogen and oxygen atoms in total. The van der Waals surface area contributed by atoms with Crippen molar-refractivity contribution in [3.8, 4) is 16.9 Å². The molecular formula is C24H19BrClN5S. The van der Waals surface area contributed by atoms with Crippen LogP contribution in [0.1, 0.15) is 6.92 Å². The summed E-state index contributed by atoms with van der Waals surface area (Å²) in [4.78, 5) is 0.751. The lowest BCUT2D eigenvalue weighted by Gasteiger charge is -2.09. The number of anilines is 1. The monoisotopic (exact) mass is 523 g/mol. The summed E-state index contributed by atoms with van der Waals surface area (Å²) in [5.74, 6) is 0. The van der Waals surface area contributed by atoms with Crippen molar-refractivity contribution in [2.75, 3.05) is 5.43 Å². The lowest BCUT2D eigenvalue weighted by Crippen LogP contribution is -2.14. The lowest BCUT2D eigenvalue weighted by molar-refractivity contribution is 0.971. The predicted octanol–water partition coefficient (Wildman–Crippen LogP) is 7.00. The molecule has 4 aromatic rings. The zero-order chi connectivity index (χ0) is 22.3. The van der Waals surface area contributed by atoms with Crippen molar-refractivity contribution in [2.45, 2.75) is 6.92 Å². The number of hydrazone groups is 1. The fourth-order valence-corrected chi connectivity index (χ4v) is 4.15. The number of aromatic nitrogens is 1. The van der Waals surface area contributed by atoms with Crippen LogP contribution in [0, 0.1) is 0 Å². The summed E-state index contributed by atoms with van der Waals surface area (Å²) in [6.45, 7) is 1.86. The molecule has 1 heterocycles. The first kappa shape index (κ1) is 22.2. The molecule has 0 spiro atoms. The molecule has 0 radical (unpaired) electrons. The van der Waals surface area contributed by atoms with E-state index in [9.17, 15) is 0 Å². The molecule has 1 N–H and O–H groups in total. The standard InChI is InChI=1S/C24H19BrClN5S/c1-17(15-27-29-21-5-3-2-4-6-21)28-30-24-31(22-13-9-19(25)10-14-22)23(16-32-24)18-7-11-20(26)12-8-18/h2-16,29H,1H3. The number of hydrogen-bond donors (Lipinski definition) is 1. The van der Waals surface area contributed by atoms with Crippen LogP contribution in [0.25, 0.3) is 16.9 Å². The summed E-state index contributed by atoms with van der Waals surface area (Å²) in [7, 11) is 0. The van der Waals surface area contributed by atoms with Crippen molar-refractivity contribution >= 4 is 56.5 Å². The number of rotatable bonds is 6. The number of thiazole rings is 1. The average Bonchev–Trinajstić information content (AvgIpc) is 3.23. The summed E-state index contributed by atoms with van der Waals surface area (Å²) in [6, 6.07) is 25.6. The van der Waals surface area contributed by atoms with Crippen molar-refractivity contribution < 1.29 is 0 Å². The molecule has 0 unspecified atom stereocenters. The van der Waals surface area contributed by atoms with Crippen molar-refractivity contribution in [1.29, 1.82) is 0 Å². The zero-order valence-corrected chi connectivity index (χ0v) is 20.3. The lowest BCUT2D eigenvalue weighted by atomic mass is 10.1. The topological polar surface area (TPSA) is 54.0 Å². The van der Waals surface area contributed by atoms with E-state index in [0.717, 1.165) is 31.9 Å². The normalized spacial score (nSPS) is 12.5. The van der Waals surface area contributed by atoms with Gasteiger partial charge in [-0.25, -0.2) is 0 Å². The van der Waals surface area contributed by atoms with E-state index >= 15 is 0 Å². The number of nitrogens with zero attached hydrogens (tertiary/aromatic N) is 4. The Morgan fingerprint density at radius 3 is 2.44 bits per heavy atom. The number of halogens is 2. The van der Waals surface area contributed by atoms with Gasteiger partial charge in [0.15, 0.2) is 0 Å². The second-order valence-corrected chi connectivity index (χ2v) is 8.99. The third-order valence-electron chi connectivity index (χ3n) is 4.45. The molecule has 8 heteroatoms. The smallest absolute Gasteiger partial charge is 0.215 e. The molecule has 0 bridgehead atoms. The molecule has 0 aliphatic carbocycles. The molecule has 0 saturated heterocycles. The molecule has 0 saturated carbocycles. The minimum absolute atomic E-state index is 0.678. The fourth-order valence-electron chi connectivity index (χ4n) is 2.90. The van der Waals surface area contributed by atoms with Gasteiger partial charge < -0.3 is 0 Å². The van der Waals surface area contributed by atoms with Crippen molar-refractivity contribution in [3.05, 3.63) is 98.5 Å². The molecule has 0 aliphatic heterocycles. The van der Waals surface area contributed by atoms with E-state index in [1.54, 1.807) is 6.21 Å². The van der Waals surface area contributed by atoms with Gasteiger partial charge in [-0.05, 0) is 61.0 Å². The van der Waals surface area contributed by atoms with Crippen LogP contribution in [-0.2, 0) is 0 Å². The van der Waals surface area contributed by atoms with Crippen molar-refractivity contribution in [3.63, 3.8) is 0 Å². The van der Waals surface area contributed by atoms with Gasteiger partial charge in [0.25, 0.3) is 0 Å². The highest BCUT2D eigenvalue weighted by Gasteiger charge is 2.10.